The average molecular weight is 411 g/mol. The van der Waals surface area contributed by atoms with Gasteiger partial charge >= 0.3 is 0 Å². The van der Waals surface area contributed by atoms with Gasteiger partial charge in [0.2, 0.25) is 11.7 Å². The van der Waals surface area contributed by atoms with Gasteiger partial charge in [0.1, 0.15) is 0 Å². The zero-order valence-electron chi connectivity index (χ0n) is 16.6. The molecule has 0 spiro atoms. The standard InChI is InChI=1S/C22H26N4O2S/c1-16(17-9-4-2-5-10-17)23-20(27)15-29-22-25-24-21(19-13-8-14-28-19)26(22)18-11-6-3-7-12-18/h2,4-5,8-10,13-14,16,18H,3,6-7,11-12,15H2,1H3,(H,23,27). The minimum atomic E-state index is -0.0285. The van der Waals surface area contributed by atoms with Crippen molar-refractivity contribution >= 4 is 17.7 Å². The molecule has 1 N–H and O–H groups in total. The quantitative estimate of drug-likeness (QED) is 0.554. The summed E-state index contributed by atoms with van der Waals surface area (Å²) < 4.78 is 7.76. The molecule has 1 unspecified atom stereocenters. The predicted octanol–water partition coefficient (Wildman–Crippen LogP) is 5.01. The molecule has 3 aromatic rings. The van der Waals surface area contributed by atoms with Gasteiger partial charge in [-0.2, -0.15) is 0 Å². The molecule has 0 aliphatic heterocycles. The van der Waals surface area contributed by atoms with Crippen LogP contribution in [0, 0.1) is 0 Å². The van der Waals surface area contributed by atoms with Crippen LogP contribution in [-0.2, 0) is 4.79 Å². The van der Waals surface area contributed by atoms with Crippen LogP contribution in [0.15, 0.2) is 58.3 Å². The predicted molar refractivity (Wildman–Crippen MR) is 114 cm³/mol. The van der Waals surface area contributed by atoms with Gasteiger partial charge in [-0.25, -0.2) is 0 Å². The fourth-order valence-electron chi connectivity index (χ4n) is 3.86. The number of carbonyl (C=O) groups excluding carboxylic acids is 1. The van der Waals surface area contributed by atoms with Crippen LogP contribution in [0.2, 0.25) is 0 Å². The SMILES string of the molecule is CC(NC(=O)CSc1nnc(-c2ccco2)n1C1CCCCC1)c1ccccc1. The number of benzene rings is 1. The molecule has 152 valence electrons. The Labute approximate surface area is 175 Å². The largest absolute Gasteiger partial charge is 0.461 e. The lowest BCUT2D eigenvalue weighted by molar-refractivity contribution is -0.119. The molecule has 1 aliphatic rings. The fourth-order valence-corrected chi connectivity index (χ4v) is 4.67. The number of carbonyl (C=O) groups is 1. The molecule has 2 aromatic heterocycles. The number of thioether (sulfide) groups is 1. The normalized spacial score (nSPS) is 15.9. The van der Waals surface area contributed by atoms with E-state index in [2.05, 4.69) is 20.1 Å². The van der Waals surface area contributed by atoms with Gasteiger partial charge in [-0.3, -0.25) is 9.36 Å². The lowest BCUT2D eigenvalue weighted by Gasteiger charge is -2.25. The monoisotopic (exact) mass is 410 g/mol. The first-order valence-corrected chi connectivity index (χ1v) is 11.2. The van der Waals surface area contributed by atoms with Gasteiger partial charge in [0.15, 0.2) is 10.9 Å². The highest BCUT2D eigenvalue weighted by Crippen LogP contribution is 2.35. The highest BCUT2D eigenvalue weighted by atomic mass is 32.2. The number of aromatic nitrogens is 3. The molecule has 0 bridgehead atoms. The first kappa shape index (κ1) is 19.8. The molecule has 1 aliphatic carbocycles. The van der Waals surface area contributed by atoms with E-state index in [1.807, 2.05) is 49.4 Å². The Kier molecular flexibility index (Phi) is 6.34. The maximum atomic E-state index is 12.5. The Bertz CT molecular complexity index is 918. The third-order valence-electron chi connectivity index (χ3n) is 5.36. The summed E-state index contributed by atoms with van der Waals surface area (Å²) in [4.78, 5) is 12.5. The number of hydrogen-bond acceptors (Lipinski definition) is 5. The number of hydrogen-bond donors (Lipinski definition) is 1. The maximum Gasteiger partial charge on any atom is 0.230 e. The summed E-state index contributed by atoms with van der Waals surface area (Å²) in [6.07, 6.45) is 7.56. The summed E-state index contributed by atoms with van der Waals surface area (Å²) in [5.74, 6) is 1.77. The van der Waals surface area contributed by atoms with Crippen LogP contribution in [0.25, 0.3) is 11.6 Å². The fraction of sp³-hybridized carbons (Fsp3) is 0.409. The molecule has 0 radical (unpaired) electrons. The van der Waals surface area contributed by atoms with E-state index in [0.29, 0.717) is 11.8 Å². The van der Waals surface area contributed by atoms with Crippen LogP contribution in [0.4, 0.5) is 0 Å². The van der Waals surface area contributed by atoms with E-state index in [9.17, 15) is 4.79 Å². The molecule has 29 heavy (non-hydrogen) atoms. The molecule has 4 rings (SSSR count). The summed E-state index contributed by atoms with van der Waals surface area (Å²) in [6.45, 7) is 2.00. The molecular formula is C22H26N4O2S. The number of nitrogens with zero attached hydrogens (tertiary/aromatic N) is 3. The van der Waals surface area contributed by atoms with Crippen LogP contribution in [0.5, 0.6) is 0 Å². The molecule has 1 saturated carbocycles. The zero-order valence-corrected chi connectivity index (χ0v) is 17.4. The second-order valence-corrected chi connectivity index (χ2v) is 8.38. The Balaban J connectivity index is 1.46. The minimum Gasteiger partial charge on any atom is -0.461 e. The molecule has 0 saturated heterocycles. The summed E-state index contributed by atoms with van der Waals surface area (Å²) >= 11 is 1.44. The van der Waals surface area contributed by atoms with Crippen molar-refractivity contribution in [2.45, 2.75) is 56.3 Å². The van der Waals surface area contributed by atoms with Crippen LogP contribution in [0.1, 0.15) is 56.7 Å². The van der Waals surface area contributed by atoms with Crippen LogP contribution in [0.3, 0.4) is 0 Å². The molecule has 1 fully saturated rings. The molecule has 7 heteroatoms. The molecule has 1 aromatic carbocycles. The van der Waals surface area contributed by atoms with Crippen molar-refractivity contribution in [2.24, 2.45) is 0 Å². The number of furan rings is 1. The van der Waals surface area contributed by atoms with Crippen molar-refractivity contribution in [3.05, 3.63) is 54.3 Å². The number of rotatable bonds is 7. The third kappa shape index (κ3) is 4.72. The summed E-state index contributed by atoms with van der Waals surface area (Å²) in [6, 6.07) is 14.1. The molecule has 2 heterocycles. The van der Waals surface area contributed by atoms with Gasteiger partial charge in [0.25, 0.3) is 0 Å². The highest BCUT2D eigenvalue weighted by Gasteiger charge is 2.25. The van der Waals surface area contributed by atoms with Crippen LogP contribution < -0.4 is 5.32 Å². The van der Waals surface area contributed by atoms with Crippen LogP contribution in [-0.4, -0.2) is 26.4 Å². The van der Waals surface area contributed by atoms with E-state index in [-0.39, 0.29) is 11.9 Å². The average Bonchev–Trinajstić information content (AvgIpc) is 3.43. The lowest BCUT2D eigenvalue weighted by atomic mass is 9.95. The summed E-state index contributed by atoms with van der Waals surface area (Å²) in [5.41, 5.74) is 1.09. The Hall–Kier alpha value is -2.54. The number of nitrogens with one attached hydrogen (secondary N) is 1. The first-order chi connectivity index (χ1) is 14.2. The smallest absolute Gasteiger partial charge is 0.230 e. The van der Waals surface area contributed by atoms with Crippen LogP contribution >= 0.6 is 11.8 Å². The van der Waals surface area contributed by atoms with E-state index in [1.165, 1.54) is 31.0 Å². The van der Waals surface area contributed by atoms with Crippen molar-refractivity contribution in [1.29, 1.82) is 0 Å². The highest BCUT2D eigenvalue weighted by molar-refractivity contribution is 7.99. The first-order valence-electron chi connectivity index (χ1n) is 10.2. The van der Waals surface area contributed by atoms with Crippen molar-refractivity contribution in [3.63, 3.8) is 0 Å². The molecular weight excluding hydrogens is 384 g/mol. The third-order valence-corrected chi connectivity index (χ3v) is 6.30. The van der Waals surface area contributed by atoms with E-state index in [1.54, 1.807) is 6.26 Å². The second kappa shape index (κ2) is 9.31. The summed E-state index contributed by atoms with van der Waals surface area (Å²) in [7, 11) is 0. The van der Waals surface area contributed by atoms with E-state index >= 15 is 0 Å². The summed E-state index contributed by atoms with van der Waals surface area (Å²) in [5, 5.41) is 12.6. The van der Waals surface area contributed by atoms with Gasteiger partial charge in [-0.05, 0) is 37.5 Å². The van der Waals surface area contributed by atoms with E-state index in [4.69, 9.17) is 4.42 Å². The van der Waals surface area contributed by atoms with E-state index < -0.39 is 0 Å². The van der Waals surface area contributed by atoms with Gasteiger partial charge < -0.3 is 9.73 Å². The van der Waals surface area contributed by atoms with E-state index in [0.717, 1.165) is 35.1 Å². The minimum absolute atomic E-state index is 0.0101. The molecule has 6 nitrogen and oxygen atoms in total. The van der Waals surface area contributed by atoms with Gasteiger partial charge in [-0.1, -0.05) is 61.4 Å². The van der Waals surface area contributed by atoms with Gasteiger partial charge in [0.05, 0.1) is 18.1 Å². The molecule has 1 amide bonds. The lowest BCUT2D eigenvalue weighted by Crippen LogP contribution is -2.28. The van der Waals surface area contributed by atoms with Crippen molar-refractivity contribution < 1.29 is 9.21 Å². The maximum absolute atomic E-state index is 12.5. The van der Waals surface area contributed by atoms with Crippen molar-refractivity contribution in [3.8, 4) is 11.6 Å². The Morgan fingerprint density at radius 3 is 2.69 bits per heavy atom. The Morgan fingerprint density at radius 1 is 1.17 bits per heavy atom. The Morgan fingerprint density at radius 2 is 1.97 bits per heavy atom. The number of amides is 1. The van der Waals surface area contributed by atoms with Gasteiger partial charge in [0, 0.05) is 6.04 Å². The van der Waals surface area contributed by atoms with Gasteiger partial charge in [-0.15, -0.1) is 10.2 Å². The van der Waals surface area contributed by atoms with Crippen molar-refractivity contribution in [1.82, 2.24) is 20.1 Å². The second-order valence-electron chi connectivity index (χ2n) is 7.43. The topological polar surface area (TPSA) is 73.0 Å². The molecule has 1 atom stereocenters. The zero-order chi connectivity index (χ0) is 20.1. The van der Waals surface area contributed by atoms with Crippen molar-refractivity contribution in [2.75, 3.05) is 5.75 Å².